The van der Waals surface area contributed by atoms with E-state index in [4.69, 9.17) is 11.5 Å². The van der Waals surface area contributed by atoms with Gasteiger partial charge in [0.2, 0.25) is 11.8 Å². The molecule has 2 aliphatic rings. The van der Waals surface area contributed by atoms with Gasteiger partial charge in [-0.25, -0.2) is 0 Å². The van der Waals surface area contributed by atoms with Crippen molar-refractivity contribution in [3.05, 3.63) is 23.8 Å². The average molecular weight is 396 g/mol. The van der Waals surface area contributed by atoms with Crippen molar-refractivity contribution in [2.75, 3.05) is 26.2 Å². The van der Waals surface area contributed by atoms with E-state index in [9.17, 15) is 14.4 Å². The number of amides is 2. The first-order valence-corrected chi connectivity index (χ1v) is 8.84. The first kappa shape index (κ1) is 22.7. The Kier molecular flexibility index (Phi) is 9.62. The molecule has 2 aliphatic heterocycles. The van der Waals surface area contributed by atoms with Crippen LogP contribution >= 0.6 is 12.4 Å². The number of carboxylic acids is 1. The van der Waals surface area contributed by atoms with Crippen molar-refractivity contribution in [3.63, 3.8) is 0 Å². The van der Waals surface area contributed by atoms with E-state index in [2.05, 4.69) is 22.6 Å². The van der Waals surface area contributed by atoms with Crippen LogP contribution in [0.3, 0.4) is 0 Å². The van der Waals surface area contributed by atoms with Gasteiger partial charge in [0.15, 0.2) is 0 Å². The summed E-state index contributed by atoms with van der Waals surface area (Å²) in [6, 6.07) is -0.835. The highest BCUT2D eigenvalue weighted by Crippen LogP contribution is 2.18. The third-order valence-electron chi connectivity index (χ3n) is 4.54. The lowest BCUT2D eigenvalue weighted by Gasteiger charge is -2.31. The SMILES string of the molecule is C#C[C@H](CC(=O)O)NC(=O)[C@@H]1CCCN(C(=O)/C=C/C2=CCNCC2)C1.Cl. The van der Waals surface area contributed by atoms with Crippen LogP contribution in [0.5, 0.6) is 0 Å². The van der Waals surface area contributed by atoms with Crippen LogP contribution in [0.4, 0.5) is 0 Å². The van der Waals surface area contributed by atoms with Crippen molar-refractivity contribution in [3.8, 4) is 12.3 Å². The molecule has 0 aromatic rings. The molecule has 148 valence electrons. The van der Waals surface area contributed by atoms with Crippen LogP contribution in [0.25, 0.3) is 0 Å². The number of likely N-dealkylation sites (tertiary alicyclic amines) is 1. The van der Waals surface area contributed by atoms with Crippen molar-refractivity contribution >= 4 is 30.2 Å². The van der Waals surface area contributed by atoms with E-state index in [0.717, 1.165) is 31.5 Å². The fourth-order valence-corrected chi connectivity index (χ4v) is 3.08. The fraction of sp³-hybridized carbons (Fsp3) is 0.526. The van der Waals surface area contributed by atoms with Crippen LogP contribution in [0.2, 0.25) is 0 Å². The van der Waals surface area contributed by atoms with Crippen molar-refractivity contribution in [2.45, 2.75) is 31.7 Å². The van der Waals surface area contributed by atoms with E-state index in [1.54, 1.807) is 11.0 Å². The molecule has 27 heavy (non-hydrogen) atoms. The number of hydrogen-bond donors (Lipinski definition) is 3. The number of piperidine rings is 1. The van der Waals surface area contributed by atoms with E-state index < -0.39 is 12.0 Å². The molecule has 1 fully saturated rings. The van der Waals surface area contributed by atoms with Crippen LogP contribution in [-0.4, -0.2) is 60.0 Å². The molecular formula is C19H26ClN3O4. The number of allylic oxidation sites excluding steroid dienone is 1. The molecular weight excluding hydrogens is 370 g/mol. The molecule has 0 saturated carbocycles. The fourth-order valence-electron chi connectivity index (χ4n) is 3.08. The molecule has 0 bridgehead atoms. The molecule has 2 heterocycles. The highest BCUT2D eigenvalue weighted by Gasteiger charge is 2.29. The molecule has 2 rings (SSSR count). The smallest absolute Gasteiger partial charge is 0.306 e. The zero-order valence-corrected chi connectivity index (χ0v) is 16.0. The average Bonchev–Trinajstić information content (AvgIpc) is 2.66. The molecule has 0 radical (unpaired) electrons. The third-order valence-corrected chi connectivity index (χ3v) is 4.54. The predicted molar refractivity (Wildman–Crippen MR) is 104 cm³/mol. The zero-order valence-electron chi connectivity index (χ0n) is 15.1. The summed E-state index contributed by atoms with van der Waals surface area (Å²) in [5.41, 5.74) is 1.13. The summed E-state index contributed by atoms with van der Waals surface area (Å²) in [4.78, 5) is 37.2. The molecule has 1 saturated heterocycles. The maximum Gasteiger partial charge on any atom is 0.306 e. The second-order valence-electron chi connectivity index (χ2n) is 6.52. The highest BCUT2D eigenvalue weighted by atomic mass is 35.5. The number of carboxylic acid groups (broad SMARTS) is 1. The Labute approximate surface area is 165 Å². The van der Waals surface area contributed by atoms with Crippen molar-refractivity contribution in [1.82, 2.24) is 15.5 Å². The van der Waals surface area contributed by atoms with Gasteiger partial charge < -0.3 is 20.6 Å². The zero-order chi connectivity index (χ0) is 18.9. The highest BCUT2D eigenvalue weighted by molar-refractivity contribution is 5.89. The van der Waals surface area contributed by atoms with Gasteiger partial charge in [0.1, 0.15) is 6.04 Å². The molecule has 0 spiro atoms. The largest absolute Gasteiger partial charge is 0.481 e. The monoisotopic (exact) mass is 395 g/mol. The van der Waals surface area contributed by atoms with Gasteiger partial charge in [-0.05, 0) is 31.4 Å². The molecule has 0 aliphatic carbocycles. The second-order valence-corrected chi connectivity index (χ2v) is 6.52. The summed E-state index contributed by atoms with van der Waals surface area (Å²) in [7, 11) is 0. The molecule has 0 unspecified atom stereocenters. The summed E-state index contributed by atoms with van der Waals surface area (Å²) in [6.07, 6.45) is 12.7. The maximum atomic E-state index is 12.4. The minimum Gasteiger partial charge on any atom is -0.481 e. The van der Waals surface area contributed by atoms with Crippen LogP contribution in [0.15, 0.2) is 23.8 Å². The number of terminal acetylenes is 1. The first-order chi connectivity index (χ1) is 12.5. The number of rotatable bonds is 6. The topological polar surface area (TPSA) is 98.7 Å². The number of carbonyl (C=O) groups excluding carboxylic acids is 2. The second kappa shape index (κ2) is 11.4. The van der Waals surface area contributed by atoms with Crippen LogP contribution in [0, 0.1) is 18.3 Å². The Bertz CT molecular complexity index is 654. The van der Waals surface area contributed by atoms with Gasteiger partial charge in [0, 0.05) is 25.7 Å². The number of carbonyl (C=O) groups is 3. The Morgan fingerprint density at radius 3 is 2.89 bits per heavy atom. The molecule has 7 nitrogen and oxygen atoms in total. The van der Waals surface area contributed by atoms with E-state index in [0.29, 0.717) is 19.5 Å². The van der Waals surface area contributed by atoms with Crippen LogP contribution in [0.1, 0.15) is 25.7 Å². The van der Waals surface area contributed by atoms with Crippen LogP contribution in [-0.2, 0) is 14.4 Å². The van der Waals surface area contributed by atoms with Gasteiger partial charge in [0.25, 0.3) is 0 Å². The summed E-state index contributed by atoms with van der Waals surface area (Å²) < 4.78 is 0. The van der Waals surface area contributed by atoms with Gasteiger partial charge in [-0.1, -0.05) is 18.1 Å². The lowest BCUT2D eigenvalue weighted by molar-refractivity contribution is -0.137. The Morgan fingerprint density at radius 1 is 1.48 bits per heavy atom. The maximum absolute atomic E-state index is 12.4. The Hall–Kier alpha value is -2.30. The molecule has 2 atom stereocenters. The molecule has 3 N–H and O–H groups in total. The van der Waals surface area contributed by atoms with Crippen LogP contribution < -0.4 is 10.6 Å². The number of hydrogen-bond acceptors (Lipinski definition) is 4. The minimum absolute atomic E-state index is 0. The minimum atomic E-state index is -1.06. The van der Waals surface area contributed by atoms with Gasteiger partial charge in [-0.2, -0.15) is 0 Å². The lowest BCUT2D eigenvalue weighted by atomic mass is 9.96. The van der Waals surface area contributed by atoms with Crippen molar-refractivity contribution < 1.29 is 19.5 Å². The quantitative estimate of drug-likeness (QED) is 0.454. The van der Waals surface area contributed by atoms with E-state index in [1.807, 2.05) is 6.08 Å². The van der Waals surface area contributed by atoms with Crippen molar-refractivity contribution in [2.24, 2.45) is 5.92 Å². The third kappa shape index (κ3) is 7.45. The van der Waals surface area contributed by atoms with Gasteiger partial charge in [-0.15, -0.1) is 18.8 Å². The summed E-state index contributed by atoms with van der Waals surface area (Å²) >= 11 is 0. The van der Waals surface area contributed by atoms with E-state index in [-0.39, 0.29) is 36.6 Å². The molecule has 0 aromatic heterocycles. The predicted octanol–water partition coefficient (Wildman–Crippen LogP) is 0.715. The normalized spacial score (nSPS) is 20.8. The standard InChI is InChI=1S/C19H25N3O4.ClH/c1-2-16(12-18(24)25)21-19(26)15-4-3-11-22(13-15)17(23)6-5-14-7-9-20-10-8-14;/h1,5-7,15-16,20H,3-4,8-13H2,(H,21,26)(H,24,25);1H/b6-5+;/t15-,16-;/m1./s1. The lowest BCUT2D eigenvalue weighted by Crippen LogP contribution is -2.47. The number of nitrogens with zero attached hydrogens (tertiary/aromatic N) is 1. The summed E-state index contributed by atoms with van der Waals surface area (Å²) in [6.45, 7) is 2.65. The molecule has 2 amide bonds. The first-order valence-electron chi connectivity index (χ1n) is 8.84. The van der Waals surface area contributed by atoms with E-state index >= 15 is 0 Å². The number of nitrogens with one attached hydrogen (secondary N) is 2. The molecule has 8 heteroatoms. The summed E-state index contributed by atoms with van der Waals surface area (Å²) in [5.74, 6) is 0.438. The Balaban J connectivity index is 0.00000364. The Morgan fingerprint density at radius 2 is 2.26 bits per heavy atom. The summed E-state index contributed by atoms with van der Waals surface area (Å²) in [5, 5.41) is 14.6. The molecule has 0 aromatic carbocycles. The van der Waals surface area contributed by atoms with Gasteiger partial charge >= 0.3 is 5.97 Å². The van der Waals surface area contributed by atoms with E-state index in [1.165, 1.54) is 0 Å². The van der Waals surface area contributed by atoms with Gasteiger partial charge in [0.05, 0.1) is 12.3 Å². The van der Waals surface area contributed by atoms with Crippen molar-refractivity contribution in [1.29, 1.82) is 0 Å². The van der Waals surface area contributed by atoms with Gasteiger partial charge in [-0.3, -0.25) is 14.4 Å². The number of aliphatic carboxylic acids is 1. The number of halogens is 1.